The third kappa shape index (κ3) is 5.77. The minimum absolute atomic E-state index is 0.105. The maximum Gasteiger partial charge on any atom is 0.387 e. The van der Waals surface area contributed by atoms with Crippen molar-refractivity contribution in [1.29, 1.82) is 0 Å². The van der Waals surface area contributed by atoms with Crippen LogP contribution in [-0.2, 0) is 11.2 Å². The molecule has 2 rings (SSSR count). The Morgan fingerprint density at radius 2 is 2.12 bits per heavy atom. The van der Waals surface area contributed by atoms with Crippen LogP contribution in [0.15, 0.2) is 34.2 Å². The number of hydrazone groups is 1. The van der Waals surface area contributed by atoms with Gasteiger partial charge >= 0.3 is 6.61 Å². The van der Waals surface area contributed by atoms with E-state index in [1.807, 2.05) is 0 Å². The number of benzene rings is 1. The molecule has 0 spiro atoms. The lowest BCUT2D eigenvalue weighted by atomic mass is 10.2. The zero-order chi connectivity index (χ0) is 19.1. The molecule has 0 radical (unpaired) electrons. The fraction of sp³-hybridized carbons (Fsp3) is 0.200. The van der Waals surface area contributed by atoms with Crippen molar-refractivity contribution in [3.8, 4) is 11.5 Å². The van der Waals surface area contributed by atoms with E-state index in [4.69, 9.17) is 17.0 Å². The van der Waals surface area contributed by atoms with Gasteiger partial charge in [0.1, 0.15) is 0 Å². The third-order valence-electron chi connectivity index (χ3n) is 2.97. The molecule has 26 heavy (non-hydrogen) atoms. The van der Waals surface area contributed by atoms with Crippen LogP contribution in [0.1, 0.15) is 11.3 Å². The first-order valence-electron chi connectivity index (χ1n) is 7.14. The molecule has 2 aromatic rings. The van der Waals surface area contributed by atoms with Crippen molar-refractivity contribution < 1.29 is 23.0 Å². The van der Waals surface area contributed by atoms with Crippen molar-refractivity contribution in [2.24, 2.45) is 5.10 Å². The fourth-order valence-corrected chi connectivity index (χ4v) is 2.20. The van der Waals surface area contributed by atoms with Gasteiger partial charge in [-0.1, -0.05) is 0 Å². The fourth-order valence-electron chi connectivity index (χ4n) is 1.97. The van der Waals surface area contributed by atoms with Gasteiger partial charge in [-0.2, -0.15) is 13.9 Å². The van der Waals surface area contributed by atoms with E-state index < -0.39 is 18.1 Å². The molecule has 0 saturated carbocycles. The Morgan fingerprint density at radius 3 is 2.77 bits per heavy atom. The highest BCUT2D eigenvalue weighted by atomic mass is 32.1. The summed E-state index contributed by atoms with van der Waals surface area (Å²) in [5.74, 6) is -0.528. The highest BCUT2D eigenvalue weighted by molar-refractivity contribution is 7.71. The van der Waals surface area contributed by atoms with E-state index in [1.54, 1.807) is 6.07 Å². The summed E-state index contributed by atoms with van der Waals surface area (Å²) in [5, 5.41) is 3.72. The molecule has 138 valence electrons. The topological polar surface area (TPSA) is 109 Å². The molecule has 1 amide bonds. The Bertz CT molecular complexity index is 898. The summed E-state index contributed by atoms with van der Waals surface area (Å²) in [4.78, 5) is 28.1. The molecule has 1 aromatic heterocycles. The number of nitrogens with one attached hydrogen (secondary N) is 3. The van der Waals surface area contributed by atoms with Gasteiger partial charge in [0.15, 0.2) is 16.3 Å². The Hall–Kier alpha value is -3.08. The highest BCUT2D eigenvalue weighted by Gasteiger charge is 2.11. The number of aromatic amines is 2. The molecule has 3 N–H and O–H groups in total. The summed E-state index contributed by atoms with van der Waals surface area (Å²) in [6.45, 7) is -3.00. The highest BCUT2D eigenvalue weighted by Crippen LogP contribution is 2.28. The minimum Gasteiger partial charge on any atom is -0.493 e. The van der Waals surface area contributed by atoms with Gasteiger partial charge in [-0.15, -0.1) is 0 Å². The van der Waals surface area contributed by atoms with Crippen LogP contribution in [-0.4, -0.2) is 35.8 Å². The molecular formula is C15H14F2N4O4S. The van der Waals surface area contributed by atoms with Crippen LogP contribution in [0.2, 0.25) is 0 Å². The molecule has 0 aliphatic carbocycles. The predicted molar refractivity (Wildman–Crippen MR) is 91.3 cm³/mol. The van der Waals surface area contributed by atoms with Crippen LogP contribution >= 0.6 is 12.2 Å². The van der Waals surface area contributed by atoms with Crippen LogP contribution in [0.3, 0.4) is 0 Å². The number of hydrogen-bond acceptors (Lipinski definition) is 6. The lowest BCUT2D eigenvalue weighted by Gasteiger charge is -2.10. The molecule has 0 saturated heterocycles. The SMILES string of the molecule is COc1ccc(/C=N\NC(=O)Cc2cc(=O)[nH]c(=S)[nH]2)cc1OC(F)F. The van der Waals surface area contributed by atoms with Crippen molar-refractivity contribution in [2.75, 3.05) is 7.11 Å². The summed E-state index contributed by atoms with van der Waals surface area (Å²) in [7, 11) is 1.32. The van der Waals surface area contributed by atoms with Gasteiger partial charge in [-0.3, -0.25) is 14.6 Å². The number of ether oxygens (including phenoxy) is 2. The predicted octanol–water partition coefficient (Wildman–Crippen LogP) is 1.74. The maximum atomic E-state index is 12.4. The maximum absolute atomic E-state index is 12.4. The molecule has 0 fully saturated rings. The van der Waals surface area contributed by atoms with E-state index in [-0.39, 0.29) is 22.7 Å². The quantitative estimate of drug-likeness (QED) is 0.383. The van der Waals surface area contributed by atoms with E-state index in [9.17, 15) is 18.4 Å². The van der Waals surface area contributed by atoms with Gasteiger partial charge in [0, 0.05) is 11.8 Å². The molecule has 1 aromatic carbocycles. The minimum atomic E-state index is -3.00. The first kappa shape index (κ1) is 19.2. The lowest BCUT2D eigenvalue weighted by Crippen LogP contribution is -2.21. The van der Waals surface area contributed by atoms with Gasteiger partial charge in [0.25, 0.3) is 5.56 Å². The van der Waals surface area contributed by atoms with E-state index in [1.165, 1.54) is 31.5 Å². The van der Waals surface area contributed by atoms with Crippen LogP contribution in [0.5, 0.6) is 11.5 Å². The number of alkyl halides is 2. The Kier molecular flexibility index (Phi) is 6.55. The van der Waals surface area contributed by atoms with Crippen LogP contribution in [0.25, 0.3) is 0 Å². The van der Waals surface area contributed by atoms with Crippen molar-refractivity contribution in [1.82, 2.24) is 15.4 Å². The number of carbonyl (C=O) groups is 1. The van der Waals surface area contributed by atoms with Crippen LogP contribution < -0.4 is 20.5 Å². The van der Waals surface area contributed by atoms with Gasteiger partial charge in [0.2, 0.25) is 5.91 Å². The molecule has 11 heteroatoms. The van der Waals surface area contributed by atoms with E-state index >= 15 is 0 Å². The van der Waals surface area contributed by atoms with Crippen molar-refractivity contribution >= 4 is 24.3 Å². The van der Waals surface area contributed by atoms with Gasteiger partial charge in [-0.25, -0.2) is 5.43 Å². The Labute approximate surface area is 150 Å². The first-order valence-corrected chi connectivity index (χ1v) is 7.55. The zero-order valence-electron chi connectivity index (χ0n) is 13.4. The Morgan fingerprint density at radius 1 is 1.35 bits per heavy atom. The molecule has 0 unspecified atom stereocenters. The number of hydrogen-bond donors (Lipinski definition) is 3. The second-order valence-electron chi connectivity index (χ2n) is 4.87. The van der Waals surface area contributed by atoms with Gasteiger partial charge < -0.3 is 14.5 Å². The second kappa shape index (κ2) is 8.85. The normalized spacial score (nSPS) is 10.9. The molecule has 1 heterocycles. The van der Waals surface area contributed by atoms with E-state index in [0.29, 0.717) is 11.3 Å². The molecule has 0 aliphatic rings. The second-order valence-corrected chi connectivity index (χ2v) is 5.28. The molecular weight excluding hydrogens is 370 g/mol. The number of amides is 1. The number of rotatable bonds is 7. The zero-order valence-corrected chi connectivity index (χ0v) is 14.2. The first-order chi connectivity index (χ1) is 12.4. The number of methoxy groups -OCH3 is 1. The average molecular weight is 384 g/mol. The monoisotopic (exact) mass is 384 g/mol. The molecule has 0 aliphatic heterocycles. The summed E-state index contributed by atoms with van der Waals surface area (Å²) < 4.78 is 34.1. The van der Waals surface area contributed by atoms with Crippen molar-refractivity contribution in [2.45, 2.75) is 13.0 Å². The standard InChI is InChI=1S/C15H14F2N4O4S/c1-24-10-3-2-8(4-11(10)25-14(16)17)7-18-21-13(23)6-9-5-12(22)20-15(26)19-9/h2-5,7,14H,6H2,1H3,(H,21,23)(H2,19,20,22,26)/b18-7-. The van der Waals surface area contributed by atoms with Gasteiger partial charge in [-0.05, 0) is 36.0 Å². The van der Waals surface area contributed by atoms with Crippen molar-refractivity contribution in [3.05, 3.63) is 50.6 Å². The number of halogens is 2. The molecule has 0 atom stereocenters. The smallest absolute Gasteiger partial charge is 0.387 e. The lowest BCUT2D eigenvalue weighted by molar-refractivity contribution is -0.120. The average Bonchev–Trinajstić information content (AvgIpc) is 2.53. The van der Waals surface area contributed by atoms with Crippen LogP contribution in [0, 0.1) is 4.77 Å². The molecule has 0 bridgehead atoms. The summed E-state index contributed by atoms with van der Waals surface area (Å²) in [6, 6.07) is 5.46. The summed E-state index contributed by atoms with van der Waals surface area (Å²) in [5.41, 5.74) is 2.55. The Balaban J connectivity index is 2.02. The largest absolute Gasteiger partial charge is 0.493 e. The van der Waals surface area contributed by atoms with E-state index in [2.05, 4.69) is 25.2 Å². The molecule has 8 nitrogen and oxygen atoms in total. The summed E-state index contributed by atoms with van der Waals surface area (Å²) >= 11 is 4.81. The number of H-pyrrole nitrogens is 2. The number of aromatic nitrogens is 2. The summed E-state index contributed by atoms with van der Waals surface area (Å²) in [6.07, 6.45) is 1.10. The van der Waals surface area contributed by atoms with E-state index in [0.717, 1.165) is 0 Å². The van der Waals surface area contributed by atoms with Crippen LogP contribution in [0.4, 0.5) is 8.78 Å². The van der Waals surface area contributed by atoms with Gasteiger partial charge in [0.05, 0.1) is 19.7 Å². The number of nitrogens with zero attached hydrogens (tertiary/aromatic N) is 1. The number of carbonyl (C=O) groups excluding carboxylic acids is 1. The third-order valence-corrected chi connectivity index (χ3v) is 3.18. The van der Waals surface area contributed by atoms with Crippen molar-refractivity contribution in [3.63, 3.8) is 0 Å².